The summed E-state index contributed by atoms with van der Waals surface area (Å²) in [4.78, 5) is 11.4. The molecule has 0 unspecified atom stereocenters. The lowest BCUT2D eigenvalue weighted by Crippen LogP contribution is -2.09. The summed E-state index contributed by atoms with van der Waals surface area (Å²) in [6.45, 7) is 0.0613. The summed E-state index contributed by atoms with van der Waals surface area (Å²) in [5.74, 6) is -0.104. The van der Waals surface area contributed by atoms with Crippen LogP contribution in [-0.2, 0) is 4.74 Å². The standard InChI is InChI=1S/C9H10BrNO2/c1-13-5-9(12)7-3-2-6(10)4-8(7)11/h2-4H,5,11H2,1H3. The van der Waals surface area contributed by atoms with Crippen molar-refractivity contribution in [2.45, 2.75) is 0 Å². The Morgan fingerprint density at radius 1 is 1.62 bits per heavy atom. The van der Waals surface area contributed by atoms with Crippen LogP contribution < -0.4 is 5.73 Å². The Hall–Kier alpha value is -0.870. The molecular weight excluding hydrogens is 234 g/mol. The van der Waals surface area contributed by atoms with Gasteiger partial charge >= 0.3 is 0 Å². The molecule has 1 rings (SSSR count). The van der Waals surface area contributed by atoms with Gasteiger partial charge in [-0.2, -0.15) is 0 Å². The maximum atomic E-state index is 11.4. The molecule has 0 bridgehead atoms. The Morgan fingerprint density at radius 3 is 2.85 bits per heavy atom. The summed E-state index contributed by atoms with van der Waals surface area (Å²) >= 11 is 3.26. The monoisotopic (exact) mass is 243 g/mol. The average Bonchev–Trinajstić information content (AvgIpc) is 2.04. The van der Waals surface area contributed by atoms with Crippen molar-refractivity contribution in [3.8, 4) is 0 Å². The fourth-order valence-electron chi connectivity index (χ4n) is 0.996. The van der Waals surface area contributed by atoms with Crippen molar-refractivity contribution in [1.29, 1.82) is 0 Å². The average molecular weight is 244 g/mol. The second-order valence-corrected chi connectivity index (χ2v) is 3.50. The Morgan fingerprint density at radius 2 is 2.31 bits per heavy atom. The lowest BCUT2D eigenvalue weighted by Gasteiger charge is -2.03. The highest BCUT2D eigenvalue weighted by molar-refractivity contribution is 9.10. The number of ketones is 1. The van der Waals surface area contributed by atoms with E-state index in [4.69, 9.17) is 10.5 Å². The van der Waals surface area contributed by atoms with Gasteiger partial charge in [-0.25, -0.2) is 0 Å². The normalized spacial score (nSPS) is 10.0. The zero-order valence-electron chi connectivity index (χ0n) is 7.21. The van der Waals surface area contributed by atoms with E-state index in [1.807, 2.05) is 0 Å². The molecule has 3 nitrogen and oxygen atoms in total. The third-order valence-electron chi connectivity index (χ3n) is 1.59. The minimum Gasteiger partial charge on any atom is -0.398 e. The molecule has 70 valence electrons. The maximum Gasteiger partial charge on any atom is 0.190 e. The largest absolute Gasteiger partial charge is 0.398 e. The van der Waals surface area contributed by atoms with Gasteiger partial charge in [0.1, 0.15) is 6.61 Å². The van der Waals surface area contributed by atoms with Gasteiger partial charge < -0.3 is 10.5 Å². The first-order valence-electron chi connectivity index (χ1n) is 3.72. The van der Waals surface area contributed by atoms with Crippen molar-refractivity contribution >= 4 is 27.4 Å². The van der Waals surface area contributed by atoms with Crippen molar-refractivity contribution in [3.05, 3.63) is 28.2 Å². The molecule has 0 aliphatic heterocycles. The highest BCUT2D eigenvalue weighted by Crippen LogP contribution is 2.18. The third kappa shape index (κ3) is 2.54. The number of Topliss-reactive ketones (excluding diaryl/α,β-unsaturated/α-hetero) is 1. The van der Waals surface area contributed by atoms with E-state index in [2.05, 4.69) is 15.9 Å². The van der Waals surface area contributed by atoms with Crippen LogP contribution in [0.5, 0.6) is 0 Å². The number of nitrogen functional groups attached to an aromatic ring is 1. The van der Waals surface area contributed by atoms with Gasteiger partial charge in [0.2, 0.25) is 0 Å². The van der Waals surface area contributed by atoms with Crippen molar-refractivity contribution < 1.29 is 9.53 Å². The van der Waals surface area contributed by atoms with Crippen LogP contribution in [0.4, 0.5) is 5.69 Å². The van der Waals surface area contributed by atoms with Crippen LogP contribution in [0.15, 0.2) is 22.7 Å². The van der Waals surface area contributed by atoms with E-state index in [0.29, 0.717) is 11.3 Å². The lowest BCUT2D eigenvalue weighted by atomic mass is 10.1. The topological polar surface area (TPSA) is 52.3 Å². The maximum absolute atomic E-state index is 11.4. The number of hydrogen-bond acceptors (Lipinski definition) is 3. The quantitative estimate of drug-likeness (QED) is 0.652. The second-order valence-electron chi connectivity index (χ2n) is 2.59. The molecular formula is C9H10BrNO2. The minimum absolute atomic E-state index is 0.0613. The molecule has 0 amide bonds. The molecule has 0 heterocycles. The Labute approximate surface area is 85.0 Å². The number of anilines is 1. The molecule has 0 saturated carbocycles. The van der Waals surface area contributed by atoms with Gasteiger partial charge in [0.15, 0.2) is 5.78 Å². The summed E-state index contributed by atoms with van der Waals surface area (Å²) in [5.41, 5.74) is 6.62. The molecule has 1 aromatic carbocycles. The van der Waals surface area contributed by atoms with Crippen LogP contribution in [0.2, 0.25) is 0 Å². The lowest BCUT2D eigenvalue weighted by molar-refractivity contribution is 0.0849. The summed E-state index contributed by atoms with van der Waals surface area (Å²) in [6.07, 6.45) is 0. The minimum atomic E-state index is -0.104. The predicted octanol–water partition coefficient (Wildman–Crippen LogP) is 1.86. The second kappa shape index (κ2) is 4.39. The number of ether oxygens (including phenoxy) is 1. The molecule has 0 aliphatic carbocycles. The molecule has 0 aromatic heterocycles. The molecule has 0 aliphatic rings. The van der Waals surface area contributed by atoms with E-state index >= 15 is 0 Å². The molecule has 13 heavy (non-hydrogen) atoms. The third-order valence-corrected chi connectivity index (χ3v) is 2.08. The van der Waals surface area contributed by atoms with Gasteiger partial charge in [0, 0.05) is 22.8 Å². The van der Waals surface area contributed by atoms with E-state index in [-0.39, 0.29) is 12.4 Å². The molecule has 0 saturated heterocycles. The van der Waals surface area contributed by atoms with Crippen molar-refractivity contribution in [2.24, 2.45) is 0 Å². The number of hydrogen-bond donors (Lipinski definition) is 1. The van der Waals surface area contributed by atoms with Crippen molar-refractivity contribution in [3.63, 3.8) is 0 Å². The fraction of sp³-hybridized carbons (Fsp3) is 0.222. The Kier molecular flexibility index (Phi) is 3.45. The van der Waals surface area contributed by atoms with Crippen LogP contribution in [0, 0.1) is 0 Å². The first-order chi connectivity index (χ1) is 6.15. The number of benzene rings is 1. The molecule has 0 radical (unpaired) electrons. The van der Waals surface area contributed by atoms with E-state index < -0.39 is 0 Å². The van der Waals surface area contributed by atoms with E-state index in [0.717, 1.165) is 4.47 Å². The number of halogens is 1. The molecule has 0 fully saturated rings. The molecule has 0 spiro atoms. The number of nitrogens with two attached hydrogens (primary N) is 1. The zero-order chi connectivity index (χ0) is 9.84. The van der Waals surface area contributed by atoms with Crippen LogP contribution in [-0.4, -0.2) is 19.5 Å². The van der Waals surface area contributed by atoms with E-state index in [1.165, 1.54) is 7.11 Å². The highest BCUT2D eigenvalue weighted by Gasteiger charge is 2.08. The predicted molar refractivity (Wildman–Crippen MR) is 54.8 cm³/mol. The fourth-order valence-corrected chi connectivity index (χ4v) is 1.38. The first-order valence-corrected chi connectivity index (χ1v) is 4.51. The van der Waals surface area contributed by atoms with Gasteiger partial charge in [-0.15, -0.1) is 0 Å². The van der Waals surface area contributed by atoms with Gasteiger partial charge in [-0.1, -0.05) is 15.9 Å². The highest BCUT2D eigenvalue weighted by atomic mass is 79.9. The summed E-state index contributed by atoms with van der Waals surface area (Å²) < 4.78 is 5.59. The van der Waals surface area contributed by atoms with Gasteiger partial charge in [-0.3, -0.25) is 4.79 Å². The van der Waals surface area contributed by atoms with Crippen LogP contribution in [0.25, 0.3) is 0 Å². The number of rotatable bonds is 3. The SMILES string of the molecule is COCC(=O)c1ccc(Br)cc1N. The summed E-state index contributed by atoms with van der Waals surface area (Å²) in [7, 11) is 1.48. The molecule has 2 N–H and O–H groups in total. The number of methoxy groups -OCH3 is 1. The van der Waals surface area contributed by atoms with E-state index in [9.17, 15) is 4.79 Å². The van der Waals surface area contributed by atoms with Crippen molar-refractivity contribution in [2.75, 3.05) is 19.5 Å². The van der Waals surface area contributed by atoms with Crippen LogP contribution >= 0.6 is 15.9 Å². The smallest absolute Gasteiger partial charge is 0.190 e. The van der Waals surface area contributed by atoms with E-state index in [1.54, 1.807) is 18.2 Å². The Bertz CT molecular complexity index is 325. The summed E-state index contributed by atoms with van der Waals surface area (Å²) in [5, 5.41) is 0. The van der Waals surface area contributed by atoms with Crippen LogP contribution in [0.3, 0.4) is 0 Å². The number of carbonyl (C=O) groups excluding carboxylic acids is 1. The van der Waals surface area contributed by atoms with Gasteiger partial charge in [0.05, 0.1) is 0 Å². The zero-order valence-corrected chi connectivity index (χ0v) is 8.80. The molecule has 0 atom stereocenters. The number of carbonyl (C=O) groups is 1. The molecule has 1 aromatic rings. The first kappa shape index (κ1) is 10.2. The molecule has 4 heteroatoms. The van der Waals surface area contributed by atoms with Crippen molar-refractivity contribution in [1.82, 2.24) is 0 Å². The summed E-state index contributed by atoms with van der Waals surface area (Å²) in [6, 6.07) is 5.16. The van der Waals surface area contributed by atoms with Gasteiger partial charge in [-0.05, 0) is 18.2 Å². The van der Waals surface area contributed by atoms with Gasteiger partial charge in [0.25, 0.3) is 0 Å². The van der Waals surface area contributed by atoms with Crippen LogP contribution in [0.1, 0.15) is 10.4 Å². The Balaban J connectivity index is 2.95.